The fraction of sp³-hybridized carbons (Fsp3) is 0.643. The third kappa shape index (κ3) is 3.43. The van der Waals surface area contributed by atoms with Crippen molar-refractivity contribution < 1.29 is 4.79 Å². The van der Waals surface area contributed by atoms with Crippen LogP contribution in [0.2, 0.25) is 0 Å². The van der Waals surface area contributed by atoms with Gasteiger partial charge in [-0.3, -0.25) is 4.79 Å². The fourth-order valence-electron chi connectivity index (χ4n) is 2.32. The van der Waals surface area contributed by atoms with Crippen molar-refractivity contribution in [2.45, 2.75) is 52.0 Å². The van der Waals surface area contributed by atoms with Crippen LogP contribution in [0, 0.1) is 0 Å². The maximum atomic E-state index is 11.9. The number of hydrogen-bond donors (Lipinski definition) is 2. The second-order valence-electron chi connectivity index (χ2n) is 5.01. The molecule has 5 nitrogen and oxygen atoms in total. The minimum atomic E-state index is -0.271. The summed E-state index contributed by atoms with van der Waals surface area (Å²) in [4.78, 5) is 20.5. The molecule has 1 aromatic heterocycles. The molecule has 0 saturated carbocycles. The highest BCUT2D eigenvalue weighted by Gasteiger charge is 2.18. The van der Waals surface area contributed by atoms with Crippen LogP contribution >= 0.6 is 0 Å². The van der Waals surface area contributed by atoms with Gasteiger partial charge in [0.1, 0.15) is 18.2 Å². The van der Waals surface area contributed by atoms with Crippen LogP contribution in [-0.4, -0.2) is 28.5 Å². The Bertz CT molecular complexity index is 447. The van der Waals surface area contributed by atoms with Crippen molar-refractivity contribution in [1.29, 1.82) is 0 Å². The third-order valence-electron chi connectivity index (χ3n) is 3.42. The number of carbonyl (C=O) groups is 1. The average molecular weight is 262 g/mol. The molecule has 1 atom stereocenters. The van der Waals surface area contributed by atoms with Crippen LogP contribution in [0.25, 0.3) is 0 Å². The molecule has 1 aromatic rings. The van der Waals surface area contributed by atoms with E-state index in [0.717, 1.165) is 30.8 Å². The maximum Gasteiger partial charge on any atom is 0.242 e. The van der Waals surface area contributed by atoms with E-state index >= 15 is 0 Å². The van der Waals surface area contributed by atoms with Gasteiger partial charge in [0, 0.05) is 17.8 Å². The van der Waals surface area contributed by atoms with Gasteiger partial charge in [0.05, 0.1) is 0 Å². The lowest BCUT2D eigenvalue weighted by molar-refractivity contribution is -0.121. The normalized spacial score (nSPS) is 15.5. The molecule has 1 amide bonds. The molecule has 0 bridgehead atoms. The van der Waals surface area contributed by atoms with E-state index in [4.69, 9.17) is 0 Å². The van der Waals surface area contributed by atoms with Crippen LogP contribution in [0.3, 0.4) is 0 Å². The highest BCUT2D eigenvalue weighted by atomic mass is 16.2. The zero-order valence-electron chi connectivity index (χ0n) is 11.7. The van der Waals surface area contributed by atoms with E-state index < -0.39 is 0 Å². The van der Waals surface area contributed by atoms with E-state index in [1.165, 1.54) is 18.4 Å². The number of hydrogen-bond acceptors (Lipinski definition) is 4. The van der Waals surface area contributed by atoms with Crippen LogP contribution in [0.1, 0.15) is 44.4 Å². The molecule has 0 spiro atoms. The Labute approximate surface area is 114 Å². The summed E-state index contributed by atoms with van der Waals surface area (Å²) in [6.07, 6.45) is 6.91. The summed E-state index contributed by atoms with van der Waals surface area (Å²) in [6, 6.07) is -0.271. The van der Waals surface area contributed by atoms with Gasteiger partial charge in [0.25, 0.3) is 0 Å². The molecule has 0 fully saturated rings. The molecule has 0 aromatic carbocycles. The van der Waals surface area contributed by atoms with Crippen molar-refractivity contribution >= 4 is 11.7 Å². The zero-order valence-corrected chi connectivity index (χ0v) is 11.7. The predicted molar refractivity (Wildman–Crippen MR) is 75.1 cm³/mol. The fourth-order valence-corrected chi connectivity index (χ4v) is 2.32. The maximum absolute atomic E-state index is 11.9. The average Bonchev–Trinajstić information content (AvgIpc) is 2.45. The third-order valence-corrected chi connectivity index (χ3v) is 3.42. The number of anilines is 1. The molecule has 2 N–H and O–H groups in total. The van der Waals surface area contributed by atoms with Crippen molar-refractivity contribution in [3.63, 3.8) is 0 Å². The summed E-state index contributed by atoms with van der Waals surface area (Å²) >= 11 is 0. The molecule has 2 rings (SSSR count). The number of amides is 1. The van der Waals surface area contributed by atoms with E-state index in [2.05, 4.69) is 20.6 Å². The molecule has 1 heterocycles. The molecule has 1 unspecified atom stereocenters. The molecule has 104 valence electrons. The first-order valence-electron chi connectivity index (χ1n) is 7.09. The molecule has 5 heteroatoms. The van der Waals surface area contributed by atoms with Gasteiger partial charge in [-0.15, -0.1) is 0 Å². The quantitative estimate of drug-likeness (QED) is 0.847. The Morgan fingerprint density at radius 2 is 2.16 bits per heavy atom. The lowest BCUT2D eigenvalue weighted by atomic mass is 9.96. The molecule has 19 heavy (non-hydrogen) atoms. The van der Waals surface area contributed by atoms with Crippen molar-refractivity contribution in [2.75, 3.05) is 11.9 Å². The highest BCUT2D eigenvalue weighted by Crippen LogP contribution is 2.24. The summed E-state index contributed by atoms with van der Waals surface area (Å²) in [5.74, 6) is 0.842. The van der Waals surface area contributed by atoms with Gasteiger partial charge in [0.15, 0.2) is 0 Å². The van der Waals surface area contributed by atoms with E-state index in [1.54, 1.807) is 6.33 Å². The monoisotopic (exact) mass is 262 g/mol. The number of fused-ring (bicyclic) bond motifs is 1. The van der Waals surface area contributed by atoms with E-state index in [-0.39, 0.29) is 11.9 Å². The number of rotatable bonds is 5. The number of nitrogens with zero attached hydrogens (tertiary/aromatic N) is 2. The number of nitrogens with one attached hydrogen (secondary N) is 2. The Morgan fingerprint density at radius 1 is 1.37 bits per heavy atom. The minimum absolute atomic E-state index is 0.0185. The van der Waals surface area contributed by atoms with Crippen LogP contribution in [0.4, 0.5) is 5.82 Å². The topological polar surface area (TPSA) is 66.9 Å². The van der Waals surface area contributed by atoms with Crippen LogP contribution in [0.15, 0.2) is 6.33 Å². The first kappa shape index (κ1) is 13.8. The number of carbonyl (C=O) groups excluding carboxylic acids is 1. The first-order chi connectivity index (χ1) is 9.22. The van der Waals surface area contributed by atoms with E-state index in [9.17, 15) is 4.79 Å². The van der Waals surface area contributed by atoms with Crippen molar-refractivity contribution in [3.05, 3.63) is 17.6 Å². The zero-order chi connectivity index (χ0) is 13.7. The Balaban J connectivity index is 2.04. The van der Waals surface area contributed by atoms with Crippen molar-refractivity contribution in [3.8, 4) is 0 Å². The SMILES string of the molecule is CCCNC(=O)C(C)Nc1ncnc2c1CCCC2. The highest BCUT2D eigenvalue weighted by molar-refractivity contribution is 5.84. The van der Waals surface area contributed by atoms with Gasteiger partial charge in [-0.25, -0.2) is 9.97 Å². The molecular formula is C14H22N4O. The predicted octanol–water partition coefficient (Wildman–Crippen LogP) is 1.68. The lowest BCUT2D eigenvalue weighted by Crippen LogP contribution is -2.38. The van der Waals surface area contributed by atoms with E-state index in [1.807, 2.05) is 13.8 Å². The molecular weight excluding hydrogens is 240 g/mol. The first-order valence-corrected chi connectivity index (χ1v) is 7.09. The Morgan fingerprint density at radius 3 is 2.95 bits per heavy atom. The smallest absolute Gasteiger partial charge is 0.242 e. The molecule has 0 radical (unpaired) electrons. The van der Waals surface area contributed by atoms with Gasteiger partial charge < -0.3 is 10.6 Å². The van der Waals surface area contributed by atoms with Crippen LogP contribution < -0.4 is 10.6 Å². The van der Waals surface area contributed by atoms with Crippen molar-refractivity contribution in [2.24, 2.45) is 0 Å². The summed E-state index contributed by atoms with van der Waals surface area (Å²) in [5, 5.41) is 6.10. The summed E-state index contributed by atoms with van der Waals surface area (Å²) in [5.41, 5.74) is 2.31. The van der Waals surface area contributed by atoms with E-state index in [0.29, 0.717) is 6.54 Å². The van der Waals surface area contributed by atoms with Crippen LogP contribution in [0.5, 0.6) is 0 Å². The van der Waals surface area contributed by atoms with Gasteiger partial charge >= 0.3 is 0 Å². The van der Waals surface area contributed by atoms with Gasteiger partial charge in [-0.2, -0.15) is 0 Å². The number of aryl methyl sites for hydroxylation is 1. The molecule has 0 saturated heterocycles. The molecule has 1 aliphatic rings. The summed E-state index contributed by atoms with van der Waals surface area (Å²) in [6.45, 7) is 4.62. The molecule has 1 aliphatic carbocycles. The standard InChI is InChI=1S/C14H22N4O/c1-3-8-15-14(19)10(2)18-13-11-6-4-5-7-12(11)16-9-17-13/h9-10H,3-8H2,1-2H3,(H,15,19)(H,16,17,18). The number of aromatic nitrogens is 2. The largest absolute Gasteiger partial charge is 0.358 e. The van der Waals surface area contributed by atoms with Gasteiger partial charge in [-0.1, -0.05) is 6.92 Å². The second kappa shape index (κ2) is 6.50. The Kier molecular flexibility index (Phi) is 4.71. The lowest BCUT2D eigenvalue weighted by Gasteiger charge is -2.20. The summed E-state index contributed by atoms with van der Waals surface area (Å²) < 4.78 is 0. The van der Waals surface area contributed by atoms with Crippen LogP contribution in [-0.2, 0) is 17.6 Å². The summed E-state index contributed by atoms with van der Waals surface area (Å²) in [7, 11) is 0. The second-order valence-corrected chi connectivity index (χ2v) is 5.01. The van der Waals surface area contributed by atoms with Gasteiger partial charge in [0.2, 0.25) is 5.91 Å². The minimum Gasteiger partial charge on any atom is -0.358 e. The van der Waals surface area contributed by atoms with Crippen molar-refractivity contribution in [1.82, 2.24) is 15.3 Å². The molecule has 0 aliphatic heterocycles. The Hall–Kier alpha value is -1.65. The van der Waals surface area contributed by atoms with Gasteiger partial charge in [-0.05, 0) is 39.0 Å².